The van der Waals surface area contributed by atoms with Crippen LogP contribution in [0.5, 0.6) is 0 Å². The Morgan fingerprint density at radius 3 is 2.56 bits per heavy atom. The van der Waals surface area contributed by atoms with Crippen molar-refractivity contribution in [2.45, 2.75) is 57.2 Å². The van der Waals surface area contributed by atoms with Crippen LogP contribution < -0.4 is 5.32 Å². The highest BCUT2D eigenvalue weighted by molar-refractivity contribution is 7.10. The number of benzene rings is 2. The summed E-state index contributed by atoms with van der Waals surface area (Å²) in [4.78, 5) is 30.2. The fraction of sp³-hybridized carbons (Fsp3) is 0.357. The van der Waals surface area contributed by atoms with Gasteiger partial charge in [0.2, 0.25) is 11.8 Å². The maximum absolute atomic E-state index is 13.9. The first-order valence-electron chi connectivity index (χ1n) is 12.6. The molecule has 186 valence electrons. The number of hydrogen-bond donors (Lipinski definition) is 1. The van der Waals surface area contributed by atoms with Crippen molar-refractivity contribution in [3.8, 4) is 0 Å². The molecular formula is C28H31N5O2S. The van der Waals surface area contributed by atoms with Crippen LogP contribution in [-0.4, -0.2) is 44.3 Å². The molecule has 2 aromatic carbocycles. The number of rotatable bonds is 9. The number of carbonyl (C=O) groups is 2. The predicted octanol–water partition coefficient (Wildman–Crippen LogP) is 4.75. The molecule has 36 heavy (non-hydrogen) atoms. The lowest BCUT2D eigenvalue weighted by molar-refractivity contribution is -0.141. The molecule has 7 nitrogen and oxygen atoms in total. The second kappa shape index (κ2) is 11.5. The van der Waals surface area contributed by atoms with Crippen LogP contribution in [0, 0.1) is 0 Å². The lowest BCUT2D eigenvalue weighted by Gasteiger charge is -2.32. The predicted molar refractivity (Wildman–Crippen MR) is 141 cm³/mol. The van der Waals surface area contributed by atoms with Gasteiger partial charge < -0.3 is 10.2 Å². The molecule has 0 saturated heterocycles. The SMILES string of the molecule is O=C(NC1CCCCC1)[C@@H](c1cccs1)N(CCc1ccccc1)C(=O)Cn1nnc2ccccc21. The fourth-order valence-corrected chi connectivity index (χ4v) is 5.78. The number of para-hydroxylation sites is 1. The van der Waals surface area contributed by atoms with Crippen molar-refractivity contribution in [2.75, 3.05) is 6.54 Å². The first-order chi connectivity index (χ1) is 17.7. The van der Waals surface area contributed by atoms with E-state index < -0.39 is 6.04 Å². The molecule has 1 aliphatic rings. The number of thiophene rings is 1. The summed E-state index contributed by atoms with van der Waals surface area (Å²) in [7, 11) is 0. The second-order valence-corrected chi connectivity index (χ2v) is 10.3. The average Bonchev–Trinajstić information content (AvgIpc) is 3.58. The summed E-state index contributed by atoms with van der Waals surface area (Å²) in [5.41, 5.74) is 2.67. The Kier molecular flexibility index (Phi) is 7.71. The maximum Gasteiger partial charge on any atom is 0.248 e. The minimum absolute atomic E-state index is 0.0217. The van der Waals surface area contributed by atoms with Crippen LogP contribution in [0.25, 0.3) is 11.0 Å². The van der Waals surface area contributed by atoms with Crippen molar-refractivity contribution in [1.29, 1.82) is 0 Å². The maximum atomic E-state index is 13.9. The van der Waals surface area contributed by atoms with Gasteiger partial charge >= 0.3 is 0 Å². The Labute approximate surface area is 215 Å². The molecule has 1 atom stereocenters. The van der Waals surface area contributed by atoms with Gasteiger partial charge in [-0.3, -0.25) is 9.59 Å². The molecule has 0 aliphatic heterocycles. The van der Waals surface area contributed by atoms with Crippen LogP contribution in [0.3, 0.4) is 0 Å². The lowest BCUT2D eigenvalue weighted by Crippen LogP contribution is -2.48. The van der Waals surface area contributed by atoms with Crippen molar-refractivity contribution < 1.29 is 9.59 Å². The second-order valence-electron chi connectivity index (χ2n) is 9.32. The molecule has 0 spiro atoms. The number of aromatic nitrogens is 3. The molecule has 4 aromatic rings. The number of amides is 2. The third-order valence-electron chi connectivity index (χ3n) is 6.83. The van der Waals surface area contributed by atoms with Crippen LogP contribution in [-0.2, 0) is 22.6 Å². The molecule has 2 amide bonds. The smallest absolute Gasteiger partial charge is 0.248 e. The molecule has 2 aromatic heterocycles. The summed E-state index contributed by atoms with van der Waals surface area (Å²) in [5.74, 6) is -0.256. The molecule has 5 rings (SSSR count). The van der Waals surface area contributed by atoms with E-state index in [1.165, 1.54) is 17.8 Å². The topological polar surface area (TPSA) is 80.1 Å². The summed E-state index contributed by atoms with van der Waals surface area (Å²) in [5, 5.41) is 13.6. The molecule has 0 radical (unpaired) electrons. The third kappa shape index (κ3) is 5.65. The highest BCUT2D eigenvalue weighted by Crippen LogP contribution is 2.28. The van der Waals surface area contributed by atoms with Gasteiger partial charge in [-0.1, -0.05) is 73.0 Å². The third-order valence-corrected chi connectivity index (χ3v) is 7.76. The molecule has 0 unspecified atom stereocenters. The van der Waals surface area contributed by atoms with Crippen molar-refractivity contribution in [3.05, 3.63) is 82.6 Å². The summed E-state index contributed by atoms with van der Waals surface area (Å²) < 4.78 is 1.62. The van der Waals surface area contributed by atoms with Gasteiger partial charge in [0.1, 0.15) is 18.1 Å². The summed E-state index contributed by atoms with van der Waals surface area (Å²) in [6.45, 7) is 0.448. The zero-order chi connectivity index (χ0) is 24.7. The number of hydrogen-bond acceptors (Lipinski definition) is 5. The van der Waals surface area contributed by atoms with Crippen LogP contribution >= 0.6 is 11.3 Å². The molecule has 1 fully saturated rings. The van der Waals surface area contributed by atoms with Gasteiger partial charge in [-0.2, -0.15) is 0 Å². The van der Waals surface area contributed by atoms with E-state index in [4.69, 9.17) is 0 Å². The number of nitrogens with zero attached hydrogens (tertiary/aromatic N) is 4. The molecule has 2 heterocycles. The largest absolute Gasteiger partial charge is 0.351 e. The highest BCUT2D eigenvalue weighted by Gasteiger charge is 2.33. The Balaban J connectivity index is 1.44. The summed E-state index contributed by atoms with van der Waals surface area (Å²) in [6, 6.07) is 21.0. The van der Waals surface area contributed by atoms with E-state index in [9.17, 15) is 9.59 Å². The van der Waals surface area contributed by atoms with Crippen molar-refractivity contribution >= 4 is 34.2 Å². The van der Waals surface area contributed by atoms with Crippen LogP contribution in [0.2, 0.25) is 0 Å². The normalized spacial score (nSPS) is 15.0. The lowest BCUT2D eigenvalue weighted by atomic mass is 9.95. The number of nitrogens with one attached hydrogen (secondary N) is 1. The first kappa shape index (κ1) is 24.2. The van der Waals surface area contributed by atoms with Gasteiger partial charge in [0.25, 0.3) is 0 Å². The zero-order valence-corrected chi connectivity index (χ0v) is 21.1. The number of carbonyl (C=O) groups excluding carboxylic acids is 2. The Hall–Kier alpha value is -3.52. The van der Waals surface area contributed by atoms with Crippen LogP contribution in [0.15, 0.2) is 72.1 Å². The van der Waals surface area contributed by atoms with E-state index in [0.717, 1.165) is 47.2 Å². The van der Waals surface area contributed by atoms with E-state index in [1.807, 2.05) is 60.0 Å². The summed E-state index contributed by atoms with van der Waals surface area (Å²) >= 11 is 1.51. The van der Waals surface area contributed by atoms with Gasteiger partial charge in [-0.25, -0.2) is 4.68 Å². The van der Waals surface area contributed by atoms with E-state index in [1.54, 1.807) is 9.58 Å². The molecule has 1 N–H and O–H groups in total. The summed E-state index contributed by atoms with van der Waals surface area (Å²) in [6.07, 6.45) is 6.12. The minimum atomic E-state index is -0.682. The quantitative estimate of drug-likeness (QED) is 0.359. The molecule has 1 saturated carbocycles. The van der Waals surface area contributed by atoms with Crippen molar-refractivity contribution in [2.24, 2.45) is 0 Å². The van der Waals surface area contributed by atoms with Crippen molar-refractivity contribution in [3.63, 3.8) is 0 Å². The molecule has 1 aliphatic carbocycles. The Morgan fingerprint density at radius 2 is 1.78 bits per heavy atom. The van der Waals surface area contributed by atoms with Gasteiger partial charge in [-0.15, -0.1) is 16.4 Å². The zero-order valence-electron chi connectivity index (χ0n) is 20.3. The van der Waals surface area contributed by atoms with E-state index in [2.05, 4.69) is 27.8 Å². The minimum Gasteiger partial charge on any atom is -0.351 e. The van der Waals surface area contributed by atoms with E-state index in [0.29, 0.717) is 13.0 Å². The molecular weight excluding hydrogens is 470 g/mol. The first-order valence-corrected chi connectivity index (χ1v) is 13.5. The van der Waals surface area contributed by atoms with Gasteiger partial charge in [0.05, 0.1) is 5.52 Å². The molecule has 8 heteroatoms. The standard InChI is InChI=1S/C28H31N5O2S/c34-26(20-33-24-15-8-7-14-23(24)30-31-33)32(18-17-21-10-3-1-4-11-21)27(25-16-9-19-36-25)28(35)29-22-12-5-2-6-13-22/h1,3-4,7-11,14-16,19,22,27H,2,5-6,12-13,17-18,20H2,(H,29,35)/t27-/m1/s1. The highest BCUT2D eigenvalue weighted by atomic mass is 32.1. The van der Waals surface area contributed by atoms with E-state index >= 15 is 0 Å². The van der Waals surface area contributed by atoms with E-state index in [-0.39, 0.29) is 24.4 Å². The van der Waals surface area contributed by atoms with Gasteiger partial charge in [-0.05, 0) is 48.4 Å². The Morgan fingerprint density at radius 1 is 1.00 bits per heavy atom. The van der Waals surface area contributed by atoms with Gasteiger partial charge in [0.15, 0.2) is 0 Å². The molecule has 0 bridgehead atoms. The fourth-order valence-electron chi connectivity index (χ4n) is 4.94. The van der Waals surface area contributed by atoms with Gasteiger partial charge in [0, 0.05) is 17.5 Å². The number of fused-ring (bicyclic) bond motifs is 1. The van der Waals surface area contributed by atoms with Crippen molar-refractivity contribution in [1.82, 2.24) is 25.2 Å². The monoisotopic (exact) mass is 501 g/mol. The van der Waals surface area contributed by atoms with Crippen LogP contribution in [0.4, 0.5) is 0 Å². The average molecular weight is 502 g/mol. The van der Waals surface area contributed by atoms with Crippen LogP contribution in [0.1, 0.15) is 48.6 Å². The Bertz CT molecular complexity index is 1280.